The number of nitrogens with zero attached hydrogens (tertiary/aromatic N) is 2. The second-order valence-electron chi connectivity index (χ2n) is 4.83. The molecule has 1 aliphatic carbocycles. The maximum Gasteiger partial charge on any atom is 0.328 e. The molecule has 1 aromatic carbocycles. The maximum atomic E-state index is 12.0. The maximum absolute atomic E-state index is 12.0. The predicted molar refractivity (Wildman–Crippen MR) is 67.2 cm³/mol. The van der Waals surface area contributed by atoms with E-state index in [1.165, 1.54) is 11.1 Å². The van der Waals surface area contributed by atoms with Gasteiger partial charge in [0.25, 0.3) is 0 Å². The number of hydrogen-bond donors (Lipinski definition) is 0. The lowest BCUT2D eigenvalue weighted by molar-refractivity contribution is 0.656. The van der Waals surface area contributed by atoms with E-state index in [4.69, 9.17) is 0 Å². The van der Waals surface area contributed by atoms with Gasteiger partial charge in [0.2, 0.25) is 0 Å². The van der Waals surface area contributed by atoms with E-state index < -0.39 is 0 Å². The number of aryl methyl sites for hydroxylation is 1. The van der Waals surface area contributed by atoms with Crippen molar-refractivity contribution in [3.8, 4) is 0 Å². The molecule has 0 spiro atoms. The van der Waals surface area contributed by atoms with Crippen LogP contribution in [0.5, 0.6) is 0 Å². The molecule has 0 atom stereocenters. The number of hydrogen-bond acceptors (Lipinski definition) is 1. The van der Waals surface area contributed by atoms with Crippen LogP contribution in [-0.4, -0.2) is 9.13 Å². The quantitative estimate of drug-likeness (QED) is 0.792. The number of imidazole rings is 1. The largest absolute Gasteiger partial charge is 0.328 e. The molecule has 2 aromatic rings. The molecule has 0 aliphatic heterocycles. The van der Waals surface area contributed by atoms with Crippen LogP contribution >= 0.6 is 0 Å². The van der Waals surface area contributed by atoms with Gasteiger partial charge in [-0.25, -0.2) is 4.79 Å². The summed E-state index contributed by atoms with van der Waals surface area (Å²) in [6.07, 6.45) is 6.09. The second-order valence-corrected chi connectivity index (χ2v) is 4.83. The summed E-state index contributed by atoms with van der Waals surface area (Å²) in [4.78, 5) is 12.0. The van der Waals surface area contributed by atoms with Crippen LogP contribution in [0.3, 0.4) is 0 Å². The molecule has 1 saturated carbocycles. The summed E-state index contributed by atoms with van der Waals surface area (Å²) >= 11 is 0. The molecule has 3 heteroatoms. The van der Waals surface area contributed by atoms with Crippen molar-refractivity contribution in [2.75, 3.05) is 0 Å². The fourth-order valence-corrected chi connectivity index (χ4v) is 2.07. The third-order valence-corrected chi connectivity index (χ3v) is 3.29. The van der Waals surface area contributed by atoms with Crippen molar-refractivity contribution in [2.45, 2.75) is 32.4 Å². The highest BCUT2D eigenvalue weighted by Gasteiger charge is 2.25. The Bertz CT molecular complexity index is 573. The number of aromatic nitrogens is 2. The van der Waals surface area contributed by atoms with Gasteiger partial charge in [-0.1, -0.05) is 29.8 Å². The Morgan fingerprint density at radius 2 is 1.88 bits per heavy atom. The molecule has 17 heavy (non-hydrogen) atoms. The molecule has 3 rings (SSSR count). The molecule has 88 valence electrons. The monoisotopic (exact) mass is 228 g/mol. The molecule has 0 amide bonds. The number of benzene rings is 1. The van der Waals surface area contributed by atoms with Crippen molar-refractivity contribution >= 4 is 0 Å². The number of rotatable bonds is 3. The first kappa shape index (κ1) is 10.4. The fraction of sp³-hybridized carbons (Fsp3) is 0.357. The minimum Gasteiger partial charge on any atom is -0.296 e. The zero-order valence-electron chi connectivity index (χ0n) is 9.97. The van der Waals surface area contributed by atoms with Gasteiger partial charge < -0.3 is 0 Å². The minimum atomic E-state index is 0.119. The van der Waals surface area contributed by atoms with Crippen molar-refractivity contribution in [1.29, 1.82) is 0 Å². The Labute approximate surface area is 100 Å². The lowest BCUT2D eigenvalue weighted by atomic mass is 10.1. The van der Waals surface area contributed by atoms with Gasteiger partial charge in [0.1, 0.15) is 0 Å². The zero-order valence-corrected chi connectivity index (χ0v) is 9.97. The van der Waals surface area contributed by atoms with Gasteiger partial charge in [-0.2, -0.15) is 0 Å². The Morgan fingerprint density at radius 1 is 1.18 bits per heavy atom. The van der Waals surface area contributed by atoms with Crippen LogP contribution in [0.1, 0.15) is 30.0 Å². The highest BCUT2D eigenvalue weighted by molar-refractivity contribution is 5.21. The van der Waals surface area contributed by atoms with E-state index in [1.807, 2.05) is 17.0 Å². The topological polar surface area (TPSA) is 26.9 Å². The summed E-state index contributed by atoms with van der Waals surface area (Å²) < 4.78 is 3.64. The van der Waals surface area contributed by atoms with Crippen molar-refractivity contribution in [2.24, 2.45) is 0 Å². The highest BCUT2D eigenvalue weighted by Crippen LogP contribution is 2.33. The van der Waals surface area contributed by atoms with Crippen molar-refractivity contribution < 1.29 is 0 Å². The third kappa shape index (κ3) is 2.05. The third-order valence-electron chi connectivity index (χ3n) is 3.29. The summed E-state index contributed by atoms with van der Waals surface area (Å²) in [7, 11) is 0. The van der Waals surface area contributed by atoms with Crippen molar-refractivity contribution in [3.05, 3.63) is 58.3 Å². The van der Waals surface area contributed by atoms with Crippen LogP contribution in [0.15, 0.2) is 41.5 Å². The molecular formula is C14H16N2O. The summed E-state index contributed by atoms with van der Waals surface area (Å²) in [5.41, 5.74) is 2.54. The molecule has 1 fully saturated rings. The van der Waals surface area contributed by atoms with Gasteiger partial charge in [0.15, 0.2) is 0 Å². The van der Waals surface area contributed by atoms with Gasteiger partial charge in [0, 0.05) is 18.4 Å². The Balaban J connectivity index is 1.85. The van der Waals surface area contributed by atoms with E-state index in [9.17, 15) is 4.79 Å². The molecule has 0 radical (unpaired) electrons. The summed E-state index contributed by atoms with van der Waals surface area (Å²) in [5, 5.41) is 0. The van der Waals surface area contributed by atoms with Gasteiger partial charge >= 0.3 is 5.69 Å². The minimum absolute atomic E-state index is 0.119. The Kier molecular flexibility index (Phi) is 2.39. The zero-order chi connectivity index (χ0) is 11.8. The molecule has 1 heterocycles. The van der Waals surface area contributed by atoms with E-state index in [2.05, 4.69) is 31.2 Å². The van der Waals surface area contributed by atoms with Crippen LogP contribution in [0.4, 0.5) is 0 Å². The molecule has 1 aromatic heterocycles. The molecule has 0 N–H and O–H groups in total. The SMILES string of the molecule is Cc1ccc(Cn2ccn(C3CC3)c2=O)cc1. The molecule has 3 nitrogen and oxygen atoms in total. The van der Waals surface area contributed by atoms with Gasteiger partial charge in [-0.15, -0.1) is 0 Å². The predicted octanol–water partition coefficient (Wildman–Crippen LogP) is 2.34. The van der Waals surface area contributed by atoms with Crippen LogP contribution in [0.2, 0.25) is 0 Å². The second kappa shape index (κ2) is 3.91. The van der Waals surface area contributed by atoms with E-state index >= 15 is 0 Å². The average Bonchev–Trinajstić information content (AvgIpc) is 3.10. The van der Waals surface area contributed by atoms with Gasteiger partial charge in [-0.05, 0) is 25.3 Å². The Morgan fingerprint density at radius 3 is 2.53 bits per heavy atom. The van der Waals surface area contributed by atoms with Crippen LogP contribution < -0.4 is 5.69 Å². The standard InChI is InChI=1S/C14H16N2O/c1-11-2-4-12(5-3-11)10-15-8-9-16(14(15)17)13-6-7-13/h2-5,8-9,13H,6-7,10H2,1H3. The van der Waals surface area contributed by atoms with Crippen LogP contribution in [0.25, 0.3) is 0 Å². The average molecular weight is 228 g/mol. The van der Waals surface area contributed by atoms with Gasteiger partial charge in [-0.3, -0.25) is 9.13 Å². The summed E-state index contributed by atoms with van der Waals surface area (Å²) in [6.45, 7) is 2.73. The molecule has 0 bridgehead atoms. The van der Waals surface area contributed by atoms with Crippen molar-refractivity contribution in [1.82, 2.24) is 9.13 Å². The lowest BCUT2D eigenvalue weighted by Crippen LogP contribution is -2.23. The summed E-state index contributed by atoms with van der Waals surface area (Å²) in [5.74, 6) is 0. The first-order valence-electron chi connectivity index (χ1n) is 6.07. The fourth-order valence-electron chi connectivity index (χ4n) is 2.07. The molecule has 0 saturated heterocycles. The smallest absolute Gasteiger partial charge is 0.296 e. The molecule has 0 unspecified atom stereocenters. The van der Waals surface area contributed by atoms with Crippen LogP contribution in [-0.2, 0) is 6.54 Å². The van der Waals surface area contributed by atoms with Gasteiger partial charge in [0.05, 0.1) is 6.54 Å². The van der Waals surface area contributed by atoms with E-state index in [1.54, 1.807) is 4.57 Å². The molecule has 1 aliphatic rings. The van der Waals surface area contributed by atoms with E-state index in [0.29, 0.717) is 12.6 Å². The highest BCUT2D eigenvalue weighted by atomic mass is 16.1. The first-order chi connectivity index (χ1) is 8.24. The normalized spacial score (nSPS) is 15.1. The first-order valence-corrected chi connectivity index (χ1v) is 6.07. The lowest BCUT2D eigenvalue weighted by Gasteiger charge is -2.02. The van der Waals surface area contributed by atoms with Crippen LogP contribution in [0, 0.1) is 6.92 Å². The van der Waals surface area contributed by atoms with Crippen molar-refractivity contribution in [3.63, 3.8) is 0 Å². The molecular weight excluding hydrogens is 212 g/mol. The summed E-state index contributed by atoms with van der Waals surface area (Å²) in [6, 6.07) is 8.78. The van der Waals surface area contributed by atoms with E-state index in [-0.39, 0.29) is 5.69 Å². The van der Waals surface area contributed by atoms with E-state index in [0.717, 1.165) is 12.8 Å². The Hall–Kier alpha value is -1.77.